The van der Waals surface area contributed by atoms with E-state index in [1.54, 1.807) is 0 Å². The number of aliphatic hydroxyl groups is 1. The number of fused-ring (bicyclic) bond motifs is 3. The molecule has 1 aliphatic carbocycles. The van der Waals surface area contributed by atoms with Gasteiger partial charge in [0.15, 0.2) is 5.78 Å². The standard InChI is InChI=1S/C27H16N.C5H8O2.Ir/c1-2-9-18(10-3-1)19-11-4-7-14-22(19)26-17-24-21-13-6-5-12-20(21)23-15-8-16-25(28-26)27(23)24;1-4(6)3-5(2)7;/h1-13,15-17H;3,6H,1-2H3;/q-1;;/b;4-3-;. The maximum atomic E-state index is 10.0. The van der Waals surface area contributed by atoms with E-state index in [-0.39, 0.29) is 31.6 Å². The number of carbonyl (C=O) groups is 1. The molecule has 0 bridgehead atoms. The third-order valence-electron chi connectivity index (χ3n) is 5.95. The Balaban J connectivity index is 0.000000338. The summed E-state index contributed by atoms with van der Waals surface area (Å²) in [6.07, 6.45) is 1.17. The van der Waals surface area contributed by atoms with Crippen LogP contribution in [0.1, 0.15) is 13.8 Å². The predicted octanol–water partition coefficient (Wildman–Crippen LogP) is 8.05. The van der Waals surface area contributed by atoms with Crippen molar-refractivity contribution in [2.45, 2.75) is 13.8 Å². The monoisotopic (exact) mass is 647 g/mol. The fourth-order valence-electron chi connectivity index (χ4n) is 4.61. The van der Waals surface area contributed by atoms with E-state index in [1.807, 2.05) is 18.2 Å². The van der Waals surface area contributed by atoms with Gasteiger partial charge in [-0.2, -0.15) is 0 Å². The van der Waals surface area contributed by atoms with Crippen molar-refractivity contribution >= 4 is 16.7 Å². The van der Waals surface area contributed by atoms with Gasteiger partial charge in [0.2, 0.25) is 0 Å². The van der Waals surface area contributed by atoms with Gasteiger partial charge in [0.1, 0.15) is 0 Å². The second-order valence-electron chi connectivity index (χ2n) is 8.52. The van der Waals surface area contributed by atoms with E-state index in [0.29, 0.717) is 0 Å². The van der Waals surface area contributed by atoms with Gasteiger partial charge < -0.3 is 5.11 Å². The van der Waals surface area contributed by atoms with Crippen molar-refractivity contribution in [3.63, 3.8) is 0 Å². The van der Waals surface area contributed by atoms with Crippen LogP contribution in [0.25, 0.3) is 55.5 Å². The van der Waals surface area contributed by atoms with Gasteiger partial charge in [0.25, 0.3) is 0 Å². The average Bonchev–Trinajstić information content (AvgIpc) is 3.19. The molecule has 179 valence electrons. The van der Waals surface area contributed by atoms with E-state index in [1.165, 1.54) is 53.1 Å². The number of aromatic nitrogens is 1. The normalized spacial score (nSPS) is 11.2. The summed E-state index contributed by atoms with van der Waals surface area (Å²) in [5.41, 5.74) is 10.5. The average molecular weight is 647 g/mol. The van der Waals surface area contributed by atoms with Crippen LogP contribution in [0.2, 0.25) is 0 Å². The summed E-state index contributed by atoms with van der Waals surface area (Å²) < 4.78 is 0. The van der Waals surface area contributed by atoms with Crippen LogP contribution in [0.3, 0.4) is 0 Å². The molecule has 0 amide bonds. The van der Waals surface area contributed by atoms with Crippen LogP contribution >= 0.6 is 0 Å². The van der Waals surface area contributed by atoms with Crippen LogP contribution in [-0.2, 0) is 24.9 Å². The molecule has 1 heterocycles. The number of ketones is 1. The predicted molar refractivity (Wildman–Crippen MR) is 143 cm³/mol. The zero-order chi connectivity index (χ0) is 24.4. The van der Waals surface area contributed by atoms with Crippen LogP contribution in [0.5, 0.6) is 0 Å². The van der Waals surface area contributed by atoms with Crippen molar-refractivity contribution in [3.8, 4) is 44.6 Å². The number of nitrogens with zero attached hydrogens (tertiary/aromatic N) is 1. The Morgan fingerprint density at radius 1 is 0.778 bits per heavy atom. The molecule has 4 aromatic carbocycles. The van der Waals surface area contributed by atoms with E-state index >= 15 is 0 Å². The molecule has 0 fully saturated rings. The Bertz CT molecular complexity index is 1590. The topological polar surface area (TPSA) is 50.2 Å². The van der Waals surface area contributed by atoms with E-state index < -0.39 is 0 Å². The Morgan fingerprint density at radius 3 is 2.08 bits per heavy atom. The van der Waals surface area contributed by atoms with Crippen molar-refractivity contribution in [3.05, 3.63) is 115 Å². The van der Waals surface area contributed by atoms with Gasteiger partial charge in [-0.25, -0.2) is 0 Å². The summed E-state index contributed by atoms with van der Waals surface area (Å²) in [4.78, 5) is 15.1. The van der Waals surface area contributed by atoms with E-state index in [4.69, 9.17) is 10.1 Å². The Morgan fingerprint density at radius 2 is 1.42 bits per heavy atom. The van der Waals surface area contributed by atoms with Crippen LogP contribution in [-0.4, -0.2) is 15.9 Å². The van der Waals surface area contributed by atoms with Crippen molar-refractivity contribution in [2.24, 2.45) is 0 Å². The van der Waals surface area contributed by atoms with Gasteiger partial charge in [-0.1, -0.05) is 83.9 Å². The van der Waals surface area contributed by atoms with Crippen molar-refractivity contribution < 1.29 is 30.0 Å². The quantitative estimate of drug-likeness (QED) is 0.120. The maximum Gasteiger partial charge on any atom is 0.155 e. The van der Waals surface area contributed by atoms with Gasteiger partial charge >= 0.3 is 0 Å². The van der Waals surface area contributed by atoms with Crippen molar-refractivity contribution in [1.29, 1.82) is 0 Å². The second-order valence-corrected chi connectivity index (χ2v) is 8.52. The SMILES string of the molecule is CC(=O)/C=C(/C)O.[Ir].[c-]1cccc(-c2ccccc2)c1-c1cc2c3c(cccc3n1)-c1ccccc1-2. The largest absolute Gasteiger partial charge is 0.512 e. The van der Waals surface area contributed by atoms with Gasteiger partial charge in [0, 0.05) is 31.6 Å². The molecule has 0 atom stereocenters. The molecule has 1 radical (unpaired) electrons. The smallest absolute Gasteiger partial charge is 0.155 e. The van der Waals surface area contributed by atoms with Crippen LogP contribution in [0, 0.1) is 6.07 Å². The zero-order valence-corrected chi connectivity index (χ0v) is 22.3. The van der Waals surface area contributed by atoms with Crippen LogP contribution in [0.15, 0.2) is 109 Å². The molecule has 4 heteroatoms. The molecule has 1 N–H and O–H groups in total. The zero-order valence-electron chi connectivity index (χ0n) is 20.0. The summed E-state index contributed by atoms with van der Waals surface area (Å²) in [5.74, 6) is -0.0625. The fraction of sp³-hybridized carbons (Fsp3) is 0.0625. The molecule has 0 saturated carbocycles. The van der Waals surface area contributed by atoms with Crippen molar-refractivity contribution in [1.82, 2.24) is 4.98 Å². The minimum absolute atomic E-state index is 0. The van der Waals surface area contributed by atoms with Crippen molar-refractivity contribution in [2.75, 3.05) is 0 Å². The molecule has 6 rings (SSSR count). The second kappa shape index (κ2) is 10.8. The molecule has 0 unspecified atom stereocenters. The number of benzene rings is 4. The summed E-state index contributed by atoms with van der Waals surface area (Å²) in [6, 6.07) is 37.4. The van der Waals surface area contributed by atoms with Gasteiger partial charge in [-0.3, -0.25) is 9.78 Å². The first-order valence-electron chi connectivity index (χ1n) is 11.5. The third kappa shape index (κ3) is 4.92. The van der Waals surface area contributed by atoms with Gasteiger partial charge in [-0.05, 0) is 47.9 Å². The molecule has 5 aromatic rings. The molecule has 1 aliphatic rings. The first-order valence-corrected chi connectivity index (χ1v) is 11.5. The Labute approximate surface area is 224 Å². The summed E-state index contributed by atoms with van der Waals surface area (Å²) in [6.45, 7) is 2.85. The molecule has 0 saturated heterocycles. The van der Waals surface area contributed by atoms with E-state index in [0.717, 1.165) is 22.3 Å². The van der Waals surface area contributed by atoms with Crippen LogP contribution in [0.4, 0.5) is 0 Å². The van der Waals surface area contributed by atoms with E-state index in [9.17, 15) is 4.79 Å². The minimum atomic E-state index is -0.125. The fourth-order valence-corrected chi connectivity index (χ4v) is 4.61. The van der Waals surface area contributed by atoms with Gasteiger partial charge in [0.05, 0.1) is 11.3 Å². The number of carbonyl (C=O) groups excluding carboxylic acids is 1. The summed E-state index contributed by atoms with van der Waals surface area (Å²) >= 11 is 0. The number of hydrogen-bond donors (Lipinski definition) is 1. The first kappa shape index (κ1) is 25.2. The first-order chi connectivity index (χ1) is 17.0. The van der Waals surface area contributed by atoms with Crippen LogP contribution < -0.4 is 0 Å². The molecule has 1 aromatic heterocycles. The molecule has 0 aliphatic heterocycles. The maximum absolute atomic E-state index is 10.0. The molecule has 3 nitrogen and oxygen atoms in total. The molecule has 0 spiro atoms. The molecular formula is C32H24IrNO2-. The summed E-state index contributed by atoms with van der Waals surface area (Å²) in [7, 11) is 0. The Hall–Kier alpha value is -3.85. The summed E-state index contributed by atoms with van der Waals surface area (Å²) in [5, 5.41) is 9.62. The number of aliphatic hydroxyl groups excluding tert-OH is 1. The minimum Gasteiger partial charge on any atom is -0.512 e. The number of hydrogen-bond acceptors (Lipinski definition) is 3. The third-order valence-corrected chi connectivity index (χ3v) is 5.95. The molecule has 36 heavy (non-hydrogen) atoms. The van der Waals surface area contributed by atoms with E-state index in [2.05, 4.69) is 84.9 Å². The number of rotatable bonds is 3. The number of pyridine rings is 1. The Kier molecular flexibility index (Phi) is 7.59. The van der Waals surface area contributed by atoms with Gasteiger partial charge in [-0.15, -0.1) is 29.8 Å². The number of allylic oxidation sites excluding steroid dienone is 2. The molecular weight excluding hydrogens is 623 g/mol.